The van der Waals surface area contributed by atoms with E-state index in [9.17, 15) is 5.11 Å². The van der Waals surface area contributed by atoms with E-state index in [2.05, 4.69) is 47.9 Å². The summed E-state index contributed by atoms with van der Waals surface area (Å²) in [5.41, 5.74) is 4.27. The van der Waals surface area contributed by atoms with E-state index in [4.69, 9.17) is 0 Å². The zero-order valence-electron chi connectivity index (χ0n) is 15.0. The van der Waals surface area contributed by atoms with Crippen LogP contribution in [0.15, 0.2) is 55.0 Å². The van der Waals surface area contributed by atoms with Crippen molar-refractivity contribution in [1.82, 2.24) is 15.0 Å². The molecule has 4 nitrogen and oxygen atoms in total. The van der Waals surface area contributed by atoms with Gasteiger partial charge in [0.1, 0.15) is 5.82 Å². The van der Waals surface area contributed by atoms with Crippen LogP contribution < -0.4 is 0 Å². The van der Waals surface area contributed by atoms with Crippen LogP contribution in [-0.2, 0) is 6.42 Å². The summed E-state index contributed by atoms with van der Waals surface area (Å²) in [6.45, 7) is 6.45. The topological polar surface area (TPSA) is 61.8 Å². The highest BCUT2D eigenvalue weighted by molar-refractivity contribution is 5.63. The lowest BCUT2D eigenvalue weighted by Gasteiger charge is -2.22. The molecule has 0 spiro atoms. The van der Waals surface area contributed by atoms with Crippen LogP contribution in [-0.4, -0.2) is 26.2 Å². The summed E-state index contributed by atoms with van der Waals surface area (Å²) in [5, 5.41) is 10.2. The number of aromatic amines is 1. The number of pyridine rings is 1. The molecule has 130 valence electrons. The Bertz CT molecular complexity index is 801. The largest absolute Gasteiger partial charge is 0.393 e. The standard InChI is InChI=1S/C21H25N3O/c1-21(2,3)12-18(25)11-15-6-8-16(9-7-15)20-23-14-19(24-20)17-5-4-10-22-13-17/h4-10,13-14,18,25H,11-12H2,1-3H3,(H,23,24). The zero-order chi connectivity index (χ0) is 17.9. The number of aliphatic hydroxyl groups excluding tert-OH is 1. The number of H-pyrrole nitrogens is 1. The molecule has 1 aromatic carbocycles. The first-order valence-corrected chi connectivity index (χ1v) is 8.63. The Morgan fingerprint density at radius 1 is 1.04 bits per heavy atom. The number of nitrogens with one attached hydrogen (secondary N) is 1. The van der Waals surface area contributed by atoms with E-state index < -0.39 is 0 Å². The van der Waals surface area contributed by atoms with E-state index in [0.717, 1.165) is 34.6 Å². The first-order chi connectivity index (χ1) is 11.9. The number of nitrogens with zero attached hydrogens (tertiary/aromatic N) is 2. The maximum absolute atomic E-state index is 10.2. The lowest BCUT2D eigenvalue weighted by molar-refractivity contribution is 0.121. The highest BCUT2D eigenvalue weighted by Gasteiger charge is 2.17. The minimum absolute atomic E-state index is 0.135. The van der Waals surface area contributed by atoms with Gasteiger partial charge in [-0.1, -0.05) is 45.0 Å². The molecular weight excluding hydrogens is 310 g/mol. The molecule has 3 aromatic rings. The first-order valence-electron chi connectivity index (χ1n) is 8.63. The zero-order valence-corrected chi connectivity index (χ0v) is 15.0. The second-order valence-corrected chi connectivity index (χ2v) is 7.71. The van der Waals surface area contributed by atoms with Gasteiger partial charge in [-0.15, -0.1) is 0 Å². The van der Waals surface area contributed by atoms with Crippen molar-refractivity contribution in [3.05, 3.63) is 60.6 Å². The number of hydrogen-bond acceptors (Lipinski definition) is 3. The molecule has 0 radical (unpaired) electrons. The van der Waals surface area contributed by atoms with Crippen molar-refractivity contribution in [2.75, 3.05) is 0 Å². The van der Waals surface area contributed by atoms with E-state index in [-0.39, 0.29) is 11.5 Å². The molecule has 0 fully saturated rings. The van der Waals surface area contributed by atoms with Crippen molar-refractivity contribution < 1.29 is 5.11 Å². The van der Waals surface area contributed by atoms with E-state index in [0.29, 0.717) is 6.42 Å². The summed E-state index contributed by atoms with van der Waals surface area (Å²) >= 11 is 0. The number of aromatic nitrogens is 3. The molecular formula is C21H25N3O. The van der Waals surface area contributed by atoms with Gasteiger partial charge >= 0.3 is 0 Å². The summed E-state index contributed by atoms with van der Waals surface area (Å²) < 4.78 is 0. The van der Waals surface area contributed by atoms with Crippen molar-refractivity contribution in [1.29, 1.82) is 0 Å². The Kier molecular flexibility index (Phi) is 5.00. The van der Waals surface area contributed by atoms with Crippen LogP contribution in [0, 0.1) is 5.41 Å². The lowest BCUT2D eigenvalue weighted by atomic mass is 9.87. The van der Waals surface area contributed by atoms with Crippen LogP contribution in [0.4, 0.5) is 0 Å². The molecule has 4 heteroatoms. The second-order valence-electron chi connectivity index (χ2n) is 7.71. The monoisotopic (exact) mass is 335 g/mol. The normalized spacial score (nSPS) is 13.0. The summed E-state index contributed by atoms with van der Waals surface area (Å²) in [6, 6.07) is 12.1. The van der Waals surface area contributed by atoms with Gasteiger partial charge in [-0.05, 0) is 36.0 Å². The third-order valence-electron chi connectivity index (χ3n) is 4.10. The fourth-order valence-corrected chi connectivity index (χ4v) is 2.99. The molecule has 2 aromatic heterocycles. The first kappa shape index (κ1) is 17.4. The Labute approximate surface area is 149 Å². The number of benzene rings is 1. The van der Waals surface area contributed by atoms with Crippen LogP contribution in [0.25, 0.3) is 22.6 Å². The second kappa shape index (κ2) is 7.19. The van der Waals surface area contributed by atoms with Crippen LogP contribution >= 0.6 is 0 Å². The van der Waals surface area contributed by atoms with Gasteiger partial charge in [0, 0.05) is 23.5 Å². The van der Waals surface area contributed by atoms with E-state index in [1.807, 2.05) is 36.7 Å². The smallest absolute Gasteiger partial charge is 0.137 e. The van der Waals surface area contributed by atoms with Gasteiger partial charge in [0.2, 0.25) is 0 Å². The molecule has 1 unspecified atom stereocenters. The molecule has 0 aliphatic carbocycles. The molecule has 0 aliphatic heterocycles. The van der Waals surface area contributed by atoms with Crippen LogP contribution in [0.3, 0.4) is 0 Å². The van der Waals surface area contributed by atoms with Gasteiger partial charge in [0.05, 0.1) is 18.0 Å². The number of imidazole rings is 1. The Balaban J connectivity index is 1.70. The summed E-state index contributed by atoms with van der Waals surface area (Å²) in [5.74, 6) is 0.834. The number of aliphatic hydroxyl groups is 1. The van der Waals surface area contributed by atoms with Gasteiger partial charge in [0.25, 0.3) is 0 Å². The number of rotatable bonds is 5. The molecule has 1 atom stereocenters. The van der Waals surface area contributed by atoms with Gasteiger partial charge in [-0.3, -0.25) is 4.98 Å². The third-order valence-corrected chi connectivity index (χ3v) is 4.10. The highest BCUT2D eigenvalue weighted by atomic mass is 16.3. The quantitative estimate of drug-likeness (QED) is 0.723. The van der Waals surface area contributed by atoms with E-state index in [1.165, 1.54) is 0 Å². The Hall–Kier alpha value is -2.46. The molecule has 0 amide bonds. The van der Waals surface area contributed by atoms with Crippen molar-refractivity contribution in [2.45, 2.75) is 39.7 Å². The number of hydrogen-bond donors (Lipinski definition) is 2. The van der Waals surface area contributed by atoms with Crippen LogP contribution in [0.2, 0.25) is 0 Å². The van der Waals surface area contributed by atoms with Crippen molar-refractivity contribution in [3.63, 3.8) is 0 Å². The molecule has 3 rings (SSSR count). The summed E-state index contributed by atoms with van der Waals surface area (Å²) in [7, 11) is 0. The van der Waals surface area contributed by atoms with Gasteiger partial charge in [0.15, 0.2) is 0 Å². The average molecular weight is 335 g/mol. The van der Waals surface area contributed by atoms with E-state index >= 15 is 0 Å². The molecule has 25 heavy (non-hydrogen) atoms. The fraction of sp³-hybridized carbons (Fsp3) is 0.333. The van der Waals surface area contributed by atoms with Crippen molar-refractivity contribution in [2.24, 2.45) is 5.41 Å². The molecule has 0 aliphatic rings. The maximum atomic E-state index is 10.2. The van der Waals surface area contributed by atoms with Crippen molar-refractivity contribution in [3.8, 4) is 22.6 Å². The summed E-state index contributed by atoms with van der Waals surface area (Å²) in [6.07, 6.45) is 6.56. The molecule has 0 saturated heterocycles. The SMILES string of the molecule is CC(C)(C)CC(O)Cc1ccc(-c2ncc(-c3cccnc3)[nH]2)cc1. The maximum Gasteiger partial charge on any atom is 0.137 e. The van der Waals surface area contributed by atoms with E-state index in [1.54, 1.807) is 6.20 Å². The molecule has 2 N–H and O–H groups in total. The predicted octanol–water partition coefficient (Wildman–Crippen LogP) is 4.48. The van der Waals surface area contributed by atoms with Gasteiger partial charge in [-0.25, -0.2) is 4.98 Å². The van der Waals surface area contributed by atoms with Crippen LogP contribution in [0.1, 0.15) is 32.8 Å². The minimum Gasteiger partial charge on any atom is -0.393 e. The molecule has 0 saturated carbocycles. The fourth-order valence-electron chi connectivity index (χ4n) is 2.99. The Morgan fingerprint density at radius 3 is 2.44 bits per heavy atom. The highest BCUT2D eigenvalue weighted by Crippen LogP contribution is 2.24. The van der Waals surface area contributed by atoms with Crippen LogP contribution in [0.5, 0.6) is 0 Å². The predicted molar refractivity (Wildman–Crippen MR) is 101 cm³/mol. The minimum atomic E-state index is -0.313. The summed E-state index contributed by atoms with van der Waals surface area (Å²) in [4.78, 5) is 11.9. The van der Waals surface area contributed by atoms with Gasteiger partial charge in [-0.2, -0.15) is 0 Å². The lowest BCUT2D eigenvalue weighted by Crippen LogP contribution is -2.19. The van der Waals surface area contributed by atoms with Gasteiger partial charge < -0.3 is 10.1 Å². The Morgan fingerprint density at radius 2 is 1.80 bits per heavy atom. The molecule has 0 bridgehead atoms. The third kappa shape index (κ3) is 4.77. The van der Waals surface area contributed by atoms with Crippen molar-refractivity contribution >= 4 is 0 Å². The average Bonchev–Trinajstić information content (AvgIpc) is 3.04. The molecule has 2 heterocycles.